The Morgan fingerprint density at radius 3 is 2.58 bits per heavy atom. The molecule has 1 fully saturated rings. The summed E-state index contributed by atoms with van der Waals surface area (Å²) in [5.74, 6) is 0.411. The van der Waals surface area contributed by atoms with Gasteiger partial charge in [-0.3, -0.25) is 9.78 Å². The molecular formula is C32H35N5O2S. The average Bonchev–Trinajstić information content (AvgIpc) is 3.43. The molecule has 1 amide bonds. The highest BCUT2D eigenvalue weighted by atomic mass is 32.1. The van der Waals surface area contributed by atoms with Crippen molar-refractivity contribution in [1.29, 1.82) is 0 Å². The smallest absolute Gasteiger partial charge is 0.221 e. The number of anilines is 2. The monoisotopic (exact) mass is 553 g/mol. The van der Waals surface area contributed by atoms with Gasteiger partial charge in [0.1, 0.15) is 5.75 Å². The molecule has 0 bridgehead atoms. The van der Waals surface area contributed by atoms with Gasteiger partial charge >= 0.3 is 0 Å². The molecule has 0 spiro atoms. The molecule has 2 N–H and O–H groups in total. The predicted octanol–water partition coefficient (Wildman–Crippen LogP) is 6.50. The van der Waals surface area contributed by atoms with Crippen LogP contribution in [0.4, 0.5) is 11.4 Å². The first kappa shape index (κ1) is 27.4. The number of nitrogens with zero attached hydrogens (tertiary/aromatic N) is 3. The molecule has 7 nitrogen and oxygen atoms in total. The standard InChI is InChI=1S/C32H35N5O2S/c1-7-23-12-10-11-19(2)30(23)36-20(3)17-25(21(36)4)31-29(26-13-8-9-16-33-26)35-32(40)37(31)24-14-15-28(39-6)27(18-24)34-22(5)38/h8-18,29,31H,7H2,1-6H3,(H,34,38)(H,35,40)/t29-,31+/m1/s1. The van der Waals surface area contributed by atoms with E-state index < -0.39 is 0 Å². The number of amides is 1. The van der Waals surface area contributed by atoms with Crippen LogP contribution in [0.5, 0.6) is 5.75 Å². The minimum absolute atomic E-state index is 0.172. The SMILES string of the molecule is CCc1cccc(C)c1-n1c(C)cc([C@H]2[C@@H](c3ccccn3)NC(=S)N2c2ccc(OC)c(NC(C)=O)c2)c1C. The minimum atomic E-state index is -0.185. The van der Waals surface area contributed by atoms with Crippen molar-refractivity contribution in [2.75, 3.05) is 17.3 Å². The van der Waals surface area contributed by atoms with Crippen molar-refractivity contribution in [3.8, 4) is 11.4 Å². The van der Waals surface area contributed by atoms with E-state index in [0.717, 1.165) is 34.8 Å². The average molecular weight is 554 g/mol. The number of hydrogen-bond acceptors (Lipinski definition) is 4. The molecule has 1 saturated heterocycles. The van der Waals surface area contributed by atoms with Crippen molar-refractivity contribution in [2.45, 2.75) is 53.1 Å². The van der Waals surface area contributed by atoms with Crippen LogP contribution >= 0.6 is 12.2 Å². The minimum Gasteiger partial charge on any atom is -0.495 e. The van der Waals surface area contributed by atoms with E-state index in [0.29, 0.717) is 16.5 Å². The summed E-state index contributed by atoms with van der Waals surface area (Å²) < 4.78 is 7.89. The van der Waals surface area contributed by atoms with Crippen LogP contribution in [-0.4, -0.2) is 27.7 Å². The number of methoxy groups -OCH3 is 1. The molecule has 0 saturated carbocycles. The van der Waals surface area contributed by atoms with Crippen LogP contribution in [0.1, 0.15) is 59.7 Å². The van der Waals surface area contributed by atoms with Gasteiger partial charge < -0.3 is 24.8 Å². The fourth-order valence-corrected chi connectivity index (χ4v) is 6.18. The largest absolute Gasteiger partial charge is 0.495 e. The zero-order chi connectivity index (χ0) is 28.6. The Balaban J connectivity index is 1.71. The molecule has 2 aromatic carbocycles. The van der Waals surface area contributed by atoms with E-state index in [1.54, 1.807) is 7.11 Å². The van der Waals surface area contributed by atoms with Gasteiger partial charge in [-0.05, 0) is 92.5 Å². The number of aromatic nitrogens is 2. The lowest BCUT2D eigenvalue weighted by atomic mass is 9.96. The zero-order valence-electron chi connectivity index (χ0n) is 23.8. The molecule has 1 aliphatic heterocycles. The molecule has 2 aromatic heterocycles. The number of carbonyl (C=O) groups excluding carboxylic acids is 1. The fraction of sp³-hybridized carbons (Fsp3) is 0.281. The summed E-state index contributed by atoms with van der Waals surface area (Å²) in [5.41, 5.74) is 9.59. The molecule has 0 unspecified atom stereocenters. The number of carbonyl (C=O) groups is 1. The van der Waals surface area contributed by atoms with Crippen LogP contribution in [0.15, 0.2) is 66.9 Å². The number of benzene rings is 2. The number of aryl methyl sites for hydroxylation is 3. The lowest BCUT2D eigenvalue weighted by molar-refractivity contribution is -0.114. The summed E-state index contributed by atoms with van der Waals surface area (Å²) in [5, 5.41) is 7.04. The summed E-state index contributed by atoms with van der Waals surface area (Å²) in [6.45, 7) is 10.2. The lowest BCUT2D eigenvalue weighted by Gasteiger charge is -2.29. The van der Waals surface area contributed by atoms with E-state index in [9.17, 15) is 4.79 Å². The number of rotatable bonds is 7. The van der Waals surface area contributed by atoms with Gasteiger partial charge in [-0.1, -0.05) is 31.2 Å². The van der Waals surface area contributed by atoms with Gasteiger partial charge in [-0.15, -0.1) is 0 Å². The van der Waals surface area contributed by atoms with Gasteiger partial charge in [-0.2, -0.15) is 0 Å². The maximum Gasteiger partial charge on any atom is 0.221 e. The van der Waals surface area contributed by atoms with Gasteiger partial charge in [0.05, 0.1) is 36.3 Å². The fourth-order valence-electron chi connectivity index (χ4n) is 5.84. The molecule has 5 rings (SSSR count). The normalized spacial score (nSPS) is 16.6. The van der Waals surface area contributed by atoms with Crippen molar-refractivity contribution < 1.29 is 9.53 Å². The van der Waals surface area contributed by atoms with E-state index >= 15 is 0 Å². The van der Waals surface area contributed by atoms with Crippen LogP contribution in [0.2, 0.25) is 0 Å². The van der Waals surface area contributed by atoms with Gasteiger partial charge in [0, 0.05) is 30.2 Å². The summed E-state index contributed by atoms with van der Waals surface area (Å²) in [6.07, 6.45) is 2.76. The second-order valence-corrected chi connectivity index (χ2v) is 10.5. The van der Waals surface area contributed by atoms with Crippen molar-refractivity contribution in [3.05, 3.63) is 101 Å². The highest BCUT2D eigenvalue weighted by Gasteiger charge is 2.42. The molecule has 1 aliphatic rings. The molecule has 0 aliphatic carbocycles. The van der Waals surface area contributed by atoms with Crippen LogP contribution < -0.4 is 20.3 Å². The lowest BCUT2D eigenvalue weighted by Crippen LogP contribution is -2.29. The predicted molar refractivity (Wildman–Crippen MR) is 165 cm³/mol. The molecule has 4 aromatic rings. The summed E-state index contributed by atoms with van der Waals surface area (Å²) >= 11 is 5.97. The van der Waals surface area contributed by atoms with Crippen LogP contribution in [-0.2, 0) is 11.2 Å². The second kappa shape index (κ2) is 11.1. The highest BCUT2D eigenvalue weighted by Crippen LogP contribution is 2.45. The van der Waals surface area contributed by atoms with Gasteiger partial charge in [-0.25, -0.2) is 0 Å². The maximum absolute atomic E-state index is 12.0. The summed E-state index contributed by atoms with van der Waals surface area (Å²) in [6, 6.07) is 20.1. The van der Waals surface area contributed by atoms with Gasteiger partial charge in [0.2, 0.25) is 5.91 Å². The summed E-state index contributed by atoms with van der Waals surface area (Å²) in [4.78, 5) is 18.8. The van der Waals surface area contributed by atoms with E-state index in [1.807, 2.05) is 42.6 Å². The Labute approximate surface area is 241 Å². The first-order chi connectivity index (χ1) is 19.2. The summed E-state index contributed by atoms with van der Waals surface area (Å²) in [7, 11) is 1.59. The molecule has 40 heavy (non-hydrogen) atoms. The number of ether oxygens (including phenoxy) is 1. The number of para-hydroxylation sites is 1. The van der Waals surface area contributed by atoms with E-state index in [1.165, 1.54) is 23.7 Å². The van der Waals surface area contributed by atoms with Crippen molar-refractivity contribution in [1.82, 2.24) is 14.9 Å². The first-order valence-corrected chi connectivity index (χ1v) is 13.9. The number of thiocarbonyl (C=S) groups is 1. The Morgan fingerprint density at radius 2 is 1.90 bits per heavy atom. The van der Waals surface area contributed by atoms with Crippen LogP contribution in [0, 0.1) is 20.8 Å². The zero-order valence-corrected chi connectivity index (χ0v) is 24.6. The molecule has 206 valence electrons. The third-order valence-corrected chi connectivity index (χ3v) is 7.90. The quantitative estimate of drug-likeness (QED) is 0.255. The van der Waals surface area contributed by atoms with E-state index in [-0.39, 0.29) is 18.0 Å². The van der Waals surface area contributed by atoms with E-state index in [4.69, 9.17) is 21.9 Å². The third kappa shape index (κ3) is 4.84. The van der Waals surface area contributed by atoms with Crippen LogP contribution in [0.25, 0.3) is 5.69 Å². The van der Waals surface area contributed by atoms with Crippen molar-refractivity contribution in [2.24, 2.45) is 0 Å². The number of pyridine rings is 1. The Bertz CT molecular complexity index is 1580. The molecule has 3 heterocycles. The Kier molecular flexibility index (Phi) is 7.63. The Hall–Kier alpha value is -4.17. The molecule has 0 radical (unpaired) electrons. The van der Waals surface area contributed by atoms with Crippen molar-refractivity contribution in [3.63, 3.8) is 0 Å². The van der Waals surface area contributed by atoms with Crippen LogP contribution in [0.3, 0.4) is 0 Å². The van der Waals surface area contributed by atoms with E-state index in [2.05, 4.69) is 72.1 Å². The van der Waals surface area contributed by atoms with Crippen molar-refractivity contribution >= 4 is 34.6 Å². The second-order valence-electron chi connectivity index (χ2n) is 10.2. The van der Waals surface area contributed by atoms with Gasteiger partial charge in [0.25, 0.3) is 0 Å². The topological polar surface area (TPSA) is 71.4 Å². The van der Waals surface area contributed by atoms with Gasteiger partial charge in [0.15, 0.2) is 5.11 Å². The molecule has 2 atom stereocenters. The highest BCUT2D eigenvalue weighted by molar-refractivity contribution is 7.80. The molecular weight excluding hydrogens is 518 g/mol. The first-order valence-electron chi connectivity index (χ1n) is 13.5. The molecule has 8 heteroatoms. The maximum atomic E-state index is 12.0. The number of hydrogen-bond donors (Lipinski definition) is 2. The third-order valence-electron chi connectivity index (χ3n) is 7.58. The number of nitrogens with one attached hydrogen (secondary N) is 2. The Morgan fingerprint density at radius 1 is 1.10 bits per heavy atom.